The highest BCUT2D eigenvalue weighted by molar-refractivity contribution is 5.21. The van der Waals surface area contributed by atoms with E-state index in [1.54, 1.807) is 0 Å². The highest BCUT2D eigenvalue weighted by Crippen LogP contribution is 2.32. The fraction of sp³-hybridized carbons (Fsp3) is 0.769. The lowest BCUT2D eigenvalue weighted by Crippen LogP contribution is -2.27. The molecule has 3 nitrogen and oxygen atoms in total. The first kappa shape index (κ1) is 14.4. The van der Waals surface area contributed by atoms with E-state index in [0.717, 1.165) is 5.69 Å². The summed E-state index contributed by atoms with van der Waals surface area (Å²) in [6, 6.07) is 0. The van der Waals surface area contributed by atoms with Gasteiger partial charge in [-0.05, 0) is 11.8 Å². The van der Waals surface area contributed by atoms with Gasteiger partial charge in [-0.25, -0.2) is 4.98 Å². The van der Waals surface area contributed by atoms with Crippen molar-refractivity contribution in [2.45, 2.75) is 46.5 Å². The van der Waals surface area contributed by atoms with E-state index in [-0.39, 0.29) is 5.92 Å². The molecule has 1 aromatic heterocycles. The Morgan fingerprint density at radius 3 is 2.58 bits per heavy atom. The van der Waals surface area contributed by atoms with Crippen LogP contribution in [0.5, 0.6) is 0 Å². The first-order valence-electron chi connectivity index (χ1n) is 6.67. The topological polar surface area (TPSA) is 29.9 Å². The first-order valence-corrected chi connectivity index (χ1v) is 6.67. The molecule has 2 rings (SSSR count). The monoisotopic (exact) mass is 275 g/mol. The molecule has 2 heterocycles. The minimum atomic E-state index is -4.38. The lowest BCUT2D eigenvalue weighted by molar-refractivity contribution is -0.147. The maximum absolute atomic E-state index is 13.1. The fourth-order valence-corrected chi connectivity index (χ4v) is 2.28. The molecule has 0 aromatic carbocycles. The van der Waals surface area contributed by atoms with Crippen LogP contribution >= 0.6 is 0 Å². The molecule has 1 atom stereocenters. The number of imidazole rings is 1. The maximum Gasteiger partial charge on any atom is 0.449 e. The Kier molecular flexibility index (Phi) is 3.90. The second-order valence-corrected chi connectivity index (χ2v) is 5.59. The van der Waals surface area contributed by atoms with Gasteiger partial charge in [0.1, 0.15) is 0 Å². The molecular formula is C13H20F3N3. The van der Waals surface area contributed by atoms with Crippen molar-refractivity contribution >= 4 is 0 Å². The summed E-state index contributed by atoms with van der Waals surface area (Å²) in [7, 11) is 0. The second kappa shape index (κ2) is 5.15. The van der Waals surface area contributed by atoms with Crippen LogP contribution in [-0.2, 0) is 25.7 Å². The van der Waals surface area contributed by atoms with Crippen LogP contribution < -0.4 is 5.32 Å². The van der Waals surface area contributed by atoms with Crippen LogP contribution in [0.15, 0.2) is 0 Å². The Bertz CT molecular complexity index is 449. The Hall–Kier alpha value is -1.04. The van der Waals surface area contributed by atoms with Gasteiger partial charge in [-0.2, -0.15) is 13.2 Å². The van der Waals surface area contributed by atoms with Crippen LogP contribution in [-0.4, -0.2) is 16.1 Å². The molecule has 0 spiro atoms. The van der Waals surface area contributed by atoms with Crippen LogP contribution in [0.1, 0.15) is 38.0 Å². The number of nitrogens with one attached hydrogen (secondary N) is 1. The number of alkyl halides is 3. The summed E-state index contributed by atoms with van der Waals surface area (Å²) in [6.45, 7) is 7.58. The van der Waals surface area contributed by atoms with Crippen molar-refractivity contribution in [2.75, 3.05) is 6.54 Å². The van der Waals surface area contributed by atoms with Gasteiger partial charge in [0.25, 0.3) is 0 Å². The van der Waals surface area contributed by atoms with Crippen LogP contribution in [0, 0.1) is 11.8 Å². The molecule has 0 saturated carbocycles. The van der Waals surface area contributed by atoms with Crippen molar-refractivity contribution in [1.29, 1.82) is 0 Å². The third kappa shape index (κ3) is 2.94. The molecule has 1 N–H and O–H groups in total. The molecule has 1 aromatic rings. The number of rotatable bonds is 3. The molecule has 0 fully saturated rings. The molecule has 1 unspecified atom stereocenters. The number of nitrogens with zero attached hydrogens (tertiary/aromatic N) is 2. The molecule has 19 heavy (non-hydrogen) atoms. The quantitative estimate of drug-likeness (QED) is 0.919. The number of halogens is 3. The van der Waals surface area contributed by atoms with Gasteiger partial charge >= 0.3 is 6.18 Å². The molecule has 0 amide bonds. The van der Waals surface area contributed by atoms with Crippen LogP contribution in [0.2, 0.25) is 0 Å². The highest BCUT2D eigenvalue weighted by atomic mass is 19.4. The summed E-state index contributed by atoms with van der Waals surface area (Å²) >= 11 is 0. The molecule has 0 saturated heterocycles. The Morgan fingerprint density at radius 1 is 1.32 bits per heavy atom. The standard InChI is InChI=1S/C13H20F3N3/c1-8(2)9(3)7-19-11-4-5-17-6-10(11)18-12(19)13(14,15)16/h8-9,17H,4-7H2,1-3H3. The summed E-state index contributed by atoms with van der Waals surface area (Å²) in [5.74, 6) is -0.205. The number of hydrogen-bond donors (Lipinski definition) is 1. The van der Waals surface area contributed by atoms with E-state index >= 15 is 0 Å². The van der Waals surface area contributed by atoms with Gasteiger partial charge in [-0.15, -0.1) is 0 Å². The van der Waals surface area contributed by atoms with Crippen molar-refractivity contribution < 1.29 is 13.2 Å². The summed E-state index contributed by atoms with van der Waals surface area (Å²) < 4.78 is 40.6. The van der Waals surface area contributed by atoms with Crippen molar-refractivity contribution in [2.24, 2.45) is 11.8 Å². The molecule has 0 bridgehead atoms. The van der Waals surface area contributed by atoms with Crippen molar-refractivity contribution in [3.05, 3.63) is 17.2 Å². The van der Waals surface area contributed by atoms with E-state index < -0.39 is 12.0 Å². The Balaban J connectivity index is 2.40. The van der Waals surface area contributed by atoms with Crippen molar-refractivity contribution in [3.63, 3.8) is 0 Å². The number of hydrogen-bond acceptors (Lipinski definition) is 2. The Morgan fingerprint density at radius 2 is 2.00 bits per heavy atom. The largest absolute Gasteiger partial charge is 0.449 e. The van der Waals surface area contributed by atoms with Crippen LogP contribution in [0.3, 0.4) is 0 Å². The van der Waals surface area contributed by atoms with Crippen molar-refractivity contribution in [1.82, 2.24) is 14.9 Å². The van der Waals surface area contributed by atoms with Crippen LogP contribution in [0.25, 0.3) is 0 Å². The minimum Gasteiger partial charge on any atom is -0.324 e. The predicted molar refractivity (Wildman–Crippen MR) is 66.6 cm³/mol. The van der Waals surface area contributed by atoms with Gasteiger partial charge in [0, 0.05) is 31.7 Å². The van der Waals surface area contributed by atoms with E-state index in [0.29, 0.717) is 37.7 Å². The van der Waals surface area contributed by atoms with E-state index in [9.17, 15) is 13.2 Å². The Labute approximate surface area is 111 Å². The lowest BCUT2D eigenvalue weighted by Gasteiger charge is -2.22. The molecule has 108 valence electrons. The molecule has 0 aliphatic carbocycles. The predicted octanol–water partition coefficient (Wildman–Crippen LogP) is 2.84. The zero-order valence-corrected chi connectivity index (χ0v) is 11.5. The number of fused-ring (bicyclic) bond motifs is 1. The molecule has 1 aliphatic heterocycles. The smallest absolute Gasteiger partial charge is 0.324 e. The normalized spacial score (nSPS) is 17.6. The molecular weight excluding hydrogens is 255 g/mol. The minimum absolute atomic E-state index is 0.189. The average Bonchev–Trinajstić information content (AvgIpc) is 2.68. The van der Waals surface area contributed by atoms with Gasteiger partial charge in [-0.3, -0.25) is 0 Å². The molecule has 1 aliphatic rings. The van der Waals surface area contributed by atoms with Crippen LogP contribution in [0.4, 0.5) is 13.2 Å². The van der Waals surface area contributed by atoms with Gasteiger partial charge in [0.05, 0.1) is 5.69 Å². The molecule has 6 heteroatoms. The highest BCUT2D eigenvalue weighted by Gasteiger charge is 2.39. The van der Waals surface area contributed by atoms with Gasteiger partial charge < -0.3 is 9.88 Å². The van der Waals surface area contributed by atoms with E-state index in [1.807, 2.05) is 20.8 Å². The first-order chi connectivity index (χ1) is 8.80. The average molecular weight is 275 g/mol. The maximum atomic E-state index is 13.1. The van der Waals surface area contributed by atoms with E-state index in [4.69, 9.17) is 0 Å². The van der Waals surface area contributed by atoms with Gasteiger partial charge in [0.15, 0.2) is 0 Å². The zero-order chi connectivity index (χ0) is 14.2. The summed E-state index contributed by atoms with van der Waals surface area (Å²) in [5, 5.41) is 3.07. The lowest BCUT2D eigenvalue weighted by atomic mass is 9.98. The van der Waals surface area contributed by atoms with Gasteiger partial charge in [0.2, 0.25) is 5.82 Å². The summed E-state index contributed by atoms with van der Waals surface area (Å²) in [4.78, 5) is 3.81. The van der Waals surface area contributed by atoms with Crippen molar-refractivity contribution in [3.8, 4) is 0 Å². The third-order valence-corrected chi connectivity index (χ3v) is 3.85. The molecule has 0 radical (unpaired) electrons. The fourth-order valence-electron chi connectivity index (χ4n) is 2.28. The van der Waals surface area contributed by atoms with Gasteiger partial charge in [-0.1, -0.05) is 20.8 Å². The number of aromatic nitrogens is 2. The zero-order valence-electron chi connectivity index (χ0n) is 11.5. The SMILES string of the molecule is CC(C)C(C)Cn1c(C(F)(F)F)nc2c1CCNC2. The van der Waals surface area contributed by atoms with E-state index in [1.165, 1.54) is 4.57 Å². The summed E-state index contributed by atoms with van der Waals surface area (Å²) in [5.41, 5.74) is 1.30. The van der Waals surface area contributed by atoms with E-state index in [2.05, 4.69) is 10.3 Å². The second-order valence-electron chi connectivity index (χ2n) is 5.59. The third-order valence-electron chi connectivity index (χ3n) is 3.85. The summed E-state index contributed by atoms with van der Waals surface area (Å²) in [6.07, 6.45) is -3.77.